The molecule has 0 spiro atoms. The second-order valence-corrected chi connectivity index (χ2v) is 7.33. The van der Waals surface area contributed by atoms with Crippen molar-refractivity contribution in [2.45, 2.75) is 51.0 Å². The zero-order valence-electron chi connectivity index (χ0n) is 14.7. The summed E-state index contributed by atoms with van der Waals surface area (Å²) in [7, 11) is 4.12. The predicted molar refractivity (Wildman–Crippen MR) is 91.9 cm³/mol. The summed E-state index contributed by atoms with van der Waals surface area (Å²) in [5.74, 6) is -0.517. The van der Waals surface area contributed by atoms with E-state index >= 15 is 0 Å². The van der Waals surface area contributed by atoms with Crippen molar-refractivity contribution in [3.05, 3.63) is 27.2 Å². The van der Waals surface area contributed by atoms with Crippen LogP contribution in [0.1, 0.15) is 59.8 Å². The van der Waals surface area contributed by atoms with Crippen LogP contribution in [-0.2, 0) is 12.8 Å². The molecule has 0 unspecified atom stereocenters. The molecule has 1 aromatic rings. The van der Waals surface area contributed by atoms with Crippen molar-refractivity contribution < 1.29 is 14.8 Å². The van der Waals surface area contributed by atoms with Crippen molar-refractivity contribution in [1.29, 1.82) is 0 Å². The Morgan fingerprint density at radius 1 is 1.29 bits per heavy atom. The minimum atomic E-state index is -0.436. The van der Waals surface area contributed by atoms with E-state index < -0.39 is 5.91 Å². The molecule has 0 bridgehead atoms. The summed E-state index contributed by atoms with van der Waals surface area (Å²) in [5, 5.41) is 13.4. The number of nitrogens with one attached hydrogen (secondary N) is 2. The summed E-state index contributed by atoms with van der Waals surface area (Å²) in [6, 6.07) is 0.217. The van der Waals surface area contributed by atoms with Gasteiger partial charge < -0.3 is 19.9 Å². The van der Waals surface area contributed by atoms with E-state index in [0.29, 0.717) is 6.54 Å². The SMILES string of the molecule is C[NH+](C)CCCNC(=O)c1c(O)c2c(n(C3CC3)c1=O)CCCC2. The third kappa shape index (κ3) is 3.34. The second-order valence-electron chi connectivity index (χ2n) is 7.33. The number of fused-ring (bicyclic) bond motifs is 1. The molecule has 0 saturated heterocycles. The zero-order chi connectivity index (χ0) is 17.3. The van der Waals surface area contributed by atoms with Crippen LogP contribution in [0.15, 0.2) is 4.79 Å². The number of hydrogen-bond acceptors (Lipinski definition) is 3. The highest BCUT2D eigenvalue weighted by molar-refractivity contribution is 5.97. The van der Waals surface area contributed by atoms with Gasteiger partial charge in [-0.15, -0.1) is 0 Å². The van der Waals surface area contributed by atoms with Crippen molar-refractivity contribution in [3.63, 3.8) is 0 Å². The van der Waals surface area contributed by atoms with E-state index in [1.165, 1.54) is 4.90 Å². The molecule has 1 heterocycles. The van der Waals surface area contributed by atoms with Crippen LogP contribution in [0.4, 0.5) is 0 Å². The Bertz CT molecular complexity index is 690. The highest BCUT2D eigenvalue weighted by atomic mass is 16.3. The van der Waals surface area contributed by atoms with Gasteiger partial charge in [-0.05, 0) is 38.5 Å². The van der Waals surface area contributed by atoms with E-state index in [4.69, 9.17) is 0 Å². The molecule has 0 atom stereocenters. The number of amides is 1. The first-order chi connectivity index (χ1) is 11.5. The Kier molecular flexibility index (Phi) is 4.94. The van der Waals surface area contributed by atoms with Crippen molar-refractivity contribution in [1.82, 2.24) is 9.88 Å². The van der Waals surface area contributed by atoms with E-state index in [-0.39, 0.29) is 22.9 Å². The molecule has 3 rings (SSSR count). The quantitative estimate of drug-likeness (QED) is 0.643. The lowest BCUT2D eigenvalue weighted by Crippen LogP contribution is -3.05. The van der Waals surface area contributed by atoms with Crippen LogP contribution in [0.25, 0.3) is 0 Å². The van der Waals surface area contributed by atoms with Gasteiger partial charge in [-0.3, -0.25) is 9.59 Å². The van der Waals surface area contributed by atoms with Gasteiger partial charge in [0.25, 0.3) is 11.5 Å². The molecule has 1 aromatic heterocycles. The van der Waals surface area contributed by atoms with Gasteiger partial charge >= 0.3 is 0 Å². The van der Waals surface area contributed by atoms with Crippen LogP contribution >= 0.6 is 0 Å². The molecule has 6 heteroatoms. The maximum absolute atomic E-state index is 12.9. The average Bonchev–Trinajstić information content (AvgIpc) is 3.36. The standard InChI is InChI=1S/C18H27N3O3/c1-20(2)11-5-10-19-17(23)15-16(22)13-6-3-4-7-14(13)21(18(15)24)12-8-9-12/h12,22H,3-11H2,1-2H3,(H,19,23)/p+1. The molecule has 132 valence electrons. The molecule has 0 aliphatic heterocycles. The Balaban J connectivity index is 1.88. The molecule has 0 aromatic carbocycles. The molecular formula is C18H28N3O3+. The lowest BCUT2D eigenvalue weighted by atomic mass is 9.93. The summed E-state index contributed by atoms with van der Waals surface area (Å²) >= 11 is 0. The maximum Gasteiger partial charge on any atom is 0.267 e. The molecule has 2 aliphatic carbocycles. The van der Waals surface area contributed by atoms with Gasteiger partial charge in [-0.2, -0.15) is 0 Å². The monoisotopic (exact) mass is 334 g/mol. The van der Waals surface area contributed by atoms with Crippen LogP contribution < -0.4 is 15.8 Å². The minimum absolute atomic E-state index is 0.0558. The highest BCUT2D eigenvalue weighted by Gasteiger charge is 2.33. The lowest BCUT2D eigenvalue weighted by molar-refractivity contribution is -0.858. The summed E-state index contributed by atoms with van der Waals surface area (Å²) in [6.45, 7) is 1.46. The molecule has 0 radical (unpaired) electrons. The summed E-state index contributed by atoms with van der Waals surface area (Å²) < 4.78 is 1.80. The number of carbonyl (C=O) groups excluding carboxylic acids is 1. The van der Waals surface area contributed by atoms with Crippen LogP contribution in [0.3, 0.4) is 0 Å². The number of nitrogens with zero attached hydrogens (tertiary/aromatic N) is 1. The molecule has 3 N–H and O–H groups in total. The summed E-state index contributed by atoms with van der Waals surface area (Å²) in [5.41, 5.74) is 1.40. The third-order valence-electron chi connectivity index (χ3n) is 4.96. The highest BCUT2D eigenvalue weighted by Crippen LogP contribution is 2.39. The van der Waals surface area contributed by atoms with E-state index in [2.05, 4.69) is 19.4 Å². The zero-order valence-corrected chi connectivity index (χ0v) is 14.7. The summed E-state index contributed by atoms with van der Waals surface area (Å²) in [6.07, 6.45) is 6.43. The molecule has 2 aliphatic rings. The lowest BCUT2D eigenvalue weighted by Gasteiger charge is -2.23. The topological polar surface area (TPSA) is 75.8 Å². The van der Waals surface area contributed by atoms with Gasteiger partial charge in [0, 0.05) is 30.3 Å². The number of carbonyl (C=O) groups is 1. The van der Waals surface area contributed by atoms with Gasteiger partial charge in [-0.25, -0.2) is 0 Å². The van der Waals surface area contributed by atoms with Gasteiger partial charge in [0.05, 0.1) is 20.6 Å². The van der Waals surface area contributed by atoms with Gasteiger partial charge in [0.2, 0.25) is 0 Å². The van der Waals surface area contributed by atoms with E-state index in [9.17, 15) is 14.7 Å². The number of pyridine rings is 1. The Hall–Kier alpha value is -1.82. The van der Waals surface area contributed by atoms with Crippen LogP contribution in [0.5, 0.6) is 5.75 Å². The van der Waals surface area contributed by atoms with Gasteiger partial charge in [0.1, 0.15) is 11.3 Å². The van der Waals surface area contributed by atoms with Crippen molar-refractivity contribution in [2.75, 3.05) is 27.2 Å². The Morgan fingerprint density at radius 2 is 2.00 bits per heavy atom. The number of rotatable bonds is 6. The largest absolute Gasteiger partial charge is 0.507 e. The number of aromatic nitrogens is 1. The molecule has 1 fully saturated rings. The minimum Gasteiger partial charge on any atom is -0.507 e. The molecule has 6 nitrogen and oxygen atoms in total. The van der Waals surface area contributed by atoms with Gasteiger partial charge in [0.15, 0.2) is 0 Å². The molecule has 24 heavy (non-hydrogen) atoms. The van der Waals surface area contributed by atoms with Gasteiger partial charge in [-0.1, -0.05) is 0 Å². The van der Waals surface area contributed by atoms with Crippen molar-refractivity contribution in [2.24, 2.45) is 0 Å². The Labute approximate surface area is 142 Å². The molecule has 1 amide bonds. The smallest absolute Gasteiger partial charge is 0.267 e. The molecular weight excluding hydrogens is 306 g/mol. The molecule has 1 saturated carbocycles. The summed E-state index contributed by atoms with van der Waals surface area (Å²) in [4.78, 5) is 26.7. The normalized spacial score (nSPS) is 17.0. The van der Waals surface area contributed by atoms with E-state index in [1.54, 1.807) is 4.57 Å². The fourth-order valence-corrected chi connectivity index (χ4v) is 3.56. The first kappa shape index (κ1) is 17.0. The first-order valence-electron chi connectivity index (χ1n) is 9.07. The fourth-order valence-electron chi connectivity index (χ4n) is 3.56. The number of hydrogen-bond donors (Lipinski definition) is 3. The van der Waals surface area contributed by atoms with Crippen LogP contribution in [-0.4, -0.2) is 42.8 Å². The number of aromatic hydroxyl groups is 1. The first-order valence-corrected chi connectivity index (χ1v) is 9.07. The van der Waals surface area contributed by atoms with Crippen LogP contribution in [0, 0.1) is 0 Å². The number of quaternary nitrogens is 1. The van der Waals surface area contributed by atoms with E-state index in [0.717, 1.165) is 62.7 Å². The fraction of sp³-hybridized carbons (Fsp3) is 0.667. The van der Waals surface area contributed by atoms with Crippen LogP contribution in [0.2, 0.25) is 0 Å². The maximum atomic E-state index is 12.9. The van der Waals surface area contributed by atoms with E-state index in [1.807, 2.05) is 0 Å². The third-order valence-corrected chi connectivity index (χ3v) is 4.96. The van der Waals surface area contributed by atoms with Crippen molar-refractivity contribution in [3.8, 4) is 5.75 Å². The predicted octanol–water partition coefficient (Wildman–Crippen LogP) is 0.0320. The Morgan fingerprint density at radius 3 is 2.67 bits per heavy atom. The van der Waals surface area contributed by atoms with Crippen molar-refractivity contribution >= 4 is 5.91 Å². The average molecular weight is 334 g/mol. The second kappa shape index (κ2) is 6.97.